The number of nitrogens with one attached hydrogen (secondary N) is 2. The number of anilines is 2. The average Bonchev–Trinajstić information content (AvgIpc) is 3.80. The summed E-state index contributed by atoms with van der Waals surface area (Å²) in [7, 11) is -4.01. The smallest absolute Gasteiger partial charge is 0.310 e. The fourth-order valence-electron chi connectivity index (χ4n) is 5.61. The Balaban J connectivity index is 1.41. The number of esters is 1. The minimum Gasteiger partial charge on any atom is -0.466 e. The Hall–Kier alpha value is -3.69. The molecule has 0 unspecified atom stereocenters. The van der Waals surface area contributed by atoms with Crippen LogP contribution < -0.4 is 14.9 Å². The van der Waals surface area contributed by atoms with Crippen molar-refractivity contribution < 1.29 is 22.7 Å². The van der Waals surface area contributed by atoms with Gasteiger partial charge in [0.25, 0.3) is 0 Å². The number of sulfonamides is 1. The van der Waals surface area contributed by atoms with Crippen LogP contribution >= 0.6 is 0 Å². The van der Waals surface area contributed by atoms with E-state index in [1.165, 1.54) is 6.07 Å². The summed E-state index contributed by atoms with van der Waals surface area (Å²) in [5.74, 6) is -0.708. The van der Waals surface area contributed by atoms with Gasteiger partial charge in [0.05, 0.1) is 18.2 Å². The Morgan fingerprint density at radius 3 is 2.44 bits per heavy atom. The molecular weight excluding hydrogens is 538 g/mol. The zero-order chi connectivity index (χ0) is 29.0. The number of hydrogen-bond acceptors (Lipinski definition) is 6. The topological polar surface area (TPSA) is 105 Å². The lowest BCUT2D eigenvalue weighted by Crippen LogP contribution is -2.40. The summed E-state index contributed by atoms with van der Waals surface area (Å²) in [6.45, 7) is 4.85. The molecule has 1 aliphatic heterocycles. The first-order chi connectivity index (χ1) is 19.8. The molecule has 41 heavy (non-hydrogen) atoms. The van der Waals surface area contributed by atoms with E-state index in [0.717, 1.165) is 24.0 Å². The Bertz CT molecular complexity index is 1480. The molecule has 0 spiro atoms. The maximum absolute atomic E-state index is 13.9. The van der Waals surface area contributed by atoms with E-state index >= 15 is 0 Å². The SMILES string of the molecule is CCOC(=O)[C@@H]1CCCN(c2ccc(NC(=O)[C@@H]3C[C@H]3c3ccccc3)cc2S(=O)(=O)N[C@H](C)c2ccccc2)C1. The molecule has 3 aromatic rings. The highest BCUT2D eigenvalue weighted by Gasteiger charge is 2.44. The average molecular weight is 576 g/mol. The molecule has 2 aliphatic rings. The highest BCUT2D eigenvalue weighted by Crippen LogP contribution is 2.48. The molecule has 2 fully saturated rings. The van der Waals surface area contributed by atoms with Crippen molar-refractivity contribution in [1.82, 2.24) is 4.72 Å². The van der Waals surface area contributed by atoms with Crippen LogP contribution in [0, 0.1) is 11.8 Å². The zero-order valence-electron chi connectivity index (χ0n) is 23.5. The predicted molar refractivity (Wildman–Crippen MR) is 159 cm³/mol. The molecule has 0 bridgehead atoms. The Kier molecular flexibility index (Phi) is 8.75. The van der Waals surface area contributed by atoms with Gasteiger partial charge in [-0.3, -0.25) is 9.59 Å². The molecule has 1 aliphatic carbocycles. The number of ether oxygens (including phenoxy) is 1. The Morgan fingerprint density at radius 1 is 1.02 bits per heavy atom. The molecule has 216 valence electrons. The van der Waals surface area contributed by atoms with Crippen molar-refractivity contribution in [2.45, 2.75) is 50.0 Å². The molecule has 3 aromatic carbocycles. The fourth-order valence-corrected chi connectivity index (χ4v) is 7.09. The summed E-state index contributed by atoms with van der Waals surface area (Å²) < 4.78 is 35.8. The normalized spacial score (nSPS) is 21.1. The van der Waals surface area contributed by atoms with Gasteiger partial charge in [-0.2, -0.15) is 0 Å². The van der Waals surface area contributed by atoms with Crippen LogP contribution in [-0.2, 0) is 24.3 Å². The van der Waals surface area contributed by atoms with E-state index in [1.807, 2.05) is 65.6 Å². The van der Waals surface area contributed by atoms with Crippen LogP contribution in [0.15, 0.2) is 83.8 Å². The van der Waals surface area contributed by atoms with Crippen molar-refractivity contribution in [2.24, 2.45) is 11.8 Å². The van der Waals surface area contributed by atoms with Crippen LogP contribution in [0.2, 0.25) is 0 Å². The van der Waals surface area contributed by atoms with E-state index in [1.54, 1.807) is 26.0 Å². The first-order valence-electron chi connectivity index (χ1n) is 14.3. The third-order valence-electron chi connectivity index (χ3n) is 7.89. The number of nitrogens with zero attached hydrogens (tertiary/aromatic N) is 1. The third-order valence-corrected chi connectivity index (χ3v) is 9.46. The summed E-state index contributed by atoms with van der Waals surface area (Å²) in [5, 5.41) is 2.95. The number of hydrogen-bond donors (Lipinski definition) is 2. The minimum atomic E-state index is -4.01. The van der Waals surface area contributed by atoms with Crippen molar-refractivity contribution in [1.29, 1.82) is 0 Å². The molecule has 1 amide bonds. The number of rotatable bonds is 10. The van der Waals surface area contributed by atoms with Crippen LogP contribution in [0.25, 0.3) is 0 Å². The zero-order valence-corrected chi connectivity index (χ0v) is 24.3. The first-order valence-corrected chi connectivity index (χ1v) is 15.7. The quantitative estimate of drug-likeness (QED) is 0.320. The molecular formula is C32H37N3O5S. The van der Waals surface area contributed by atoms with E-state index in [2.05, 4.69) is 10.0 Å². The van der Waals surface area contributed by atoms with Crippen LogP contribution in [0.3, 0.4) is 0 Å². The van der Waals surface area contributed by atoms with Gasteiger partial charge in [0.1, 0.15) is 4.90 Å². The lowest BCUT2D eigenvalue weighted by molar-refractivity contribution is -0.148. The molecule has 1 saturated heterocycles. The molecule has 0 aromatic heterocycles. The largest absolute Gasteiger partial charge is 0.466 e. The van der Waals surface area contributed by atoms with Gasteiger partial charge in [-0.05, 0) is 68.4 Å². The second-order valence-corrected chi connectivity index (χ2v) is 12.5. The maximum atomic E-state index is 13.9. The molecule has 5 rings (SSSR count). The molecule has 1 heterocycles. The van der Waals surface area contributed by atoms with Crippen molar-refractivity contribution in [3.63, 3.8) is 0 Å². The van der Waals surface area contributed by atoms with Crippen LogP contribution in [0.1, 0.15) is 56.2 Å². The molecule has 0 radical (unpaired) electrons. The van der Waals surface area contributed by atoms with Gasteiger partial charge < -0.3 is 15.0 Å². The summed E-state index contributed by atoms with van der Waals surface area (Å²) in [5.41, 5.74) is 2.89. The molecule has 8 nitrogen and oxygen atoms in total. The van der Waals surface area contributed by atoms with Gasteiger partial charge >= 0.3 is 5.97 Å². The van der Waals surface area contributed by atoms with E-state index < -0.39 is 16.1 Å². The second kappa shape index (κ2) is 12.4. The number of benzene rings is 3. The predicted octanol–water partition coefficient (Wildman–Crippen LogP) is 5.25. The fraction of sp³-hybridized carbons (Fsp3) is 0.375. The number of carbonyl (C=O) groups is 2. The van der Waals surface area contributed by atoms with Crippen LogP contribution in [-0.4, -0.2) is 40.0 Å². The summed E-state index contributed by atoms with van der Waals surface area (Å²) >= 11 is 0. The van der Waals surface area contributed by atoms with Gasteiger partial charge in [-0.15, -0.1) is 0 Å². The van der Waals surface area contributed by atoms with Crippen LogP contribution in [0.4, 0.5) is 11.4 Å². The highest BCUT2D eigenvalue weighted by atomic mass is 32.2. The van der Waals surface area contributed by atoms with E-state index in [-0.39, 0.29) is 34.5 Å². The summed E-state index contributed by atoms with van der Waals surface area (Å²) in [6, 6.07) is 23.8. The van der Waals surface area contributed by atoms with Crippen molar-refractivity contribution in [2.75, 3.05) is 29.9 Å². The van der Waals surface area contributed by atoms with E-state index in [9.17, 15) is 18.0 Å². The van der Waals surface area contributed by atoms with Gasteiger partial charge in [0, 0.05) is 30.7 Å². The van der Waals surface area contributed by atoms with Gasteiger partial charge in [-0.1, -0.05) is 60.7 Å². The minimum absolute atomic E-state index is 0.0676. The van der Waals surface area contributed by atoms with Crippen molar-refractivity contribution >= 4 is 33.3 Å². The third kappa shape index (κ3) is 6.80. The number of amides is 1. The Labute approximate surface area is 242 Å². The van der Waals surface area contributed by atoms with Crippen molar-refractivity contribution in [3.05, 3.63) is 90.0 Å². The monoisotopic (exact) mass is 575 g/mol. The van der Waals surface area contributed by atoms with E-state index in [4.69, 9.17) is 4.74 Å². The molecule has 2 N–H and O–H groups in total. The summed E-state index contributed by atoms with van der Waals surface area (Å²) in [6.07, 6.45) is 2.19. The molecule has 1 saturated carbocycles. The van der Waals surface area contributed by atoms with Gasteiger partial charge in [-0.25, -0.2) is 13.1 Å². The van der Waals surface area contributed by atoms with Crippen LogP contribution in [0.5, 0.6) is 0 Å². The lowest BCUT2D eigenvalue weighted by atomic mass is 9.97. The first kappa shape index (κ1) is 28.8. The highest BCUT2D eigenvalue weighted by molar-refractivity contribution is 7.89. The molecule has 4 atom stereocenters. The number of carbonyl (C=O) groups excluding carboxylic acids is 2. The number of piperidine rings is 1. The van der Waals surface area contributed by atoms with E-state index in [0.29, 0.717) is 37.5 Å². The lowest BCUT2D eigenvalue weighted by Gasteiger charge is -2.34. The van der Waals surface area contributed by atoms with Gasteiger partial charge in [0.15, 0.2) is 0 Å². The maximum Gasteiger partial charge on any atom is 0.310 e. The standard InChI is InChI=1S/C32H37N3O5S/c1-3-40-32(37)25-15-10-18-35(21-25)29-17-16-26(33-31(36)28-20-27(28)24-13-8-5-9-14-24)19-30(29)41(38,39)34-22(2)23-11-6-4-7-12-23/h4-9,11-14,16-17,19,22,25,27-28,34H,3,10,15,18,20-21H2,1-2H3,(H,33,36)/t22-,25-,27+,28-/m1/s1. The Morgan fingerprint density at radius 2 is 1.73 bits per heavy atom. The summed E-state index contributed by atoms with van der Waals surface area (Å²) in [4.78, 5) is 27.6. The van der Waals surface area contributed by atoms with Crippen molar-refractivity contribution in [3.8, 4) is 0 Å². The molecule has 9 heteroatoms. The van der Waals surface area contributed by atoms with Gasteiger partial charge in [0.2, 0.25) is 15.9 Å². The second-order valence-electron chi connectivity index (χ2n) is 10.8.